The van der Waals surface area contributed by atoms with E-state index in [-0.39, 0.29) is 6.42 Å². The Bertz CT molecular complexity index is 728. The zero-order valence-corrected chi connectivity index (χ0v) is 20.1. The van der Waals surface area contributed by atoms with Crippen LogP contribution in [0.25, 0.3) is 0 Å². The van der Waals surface area contributed by atoms with Gasteiger partial charge in [-0.15, -0.1) is 0 Å². The van der Waals surface area contributed by atoms with E-state index in [2.05, 4.69) is 23.8 Å². The third kappa shape index (κ3) is 13.4. The molecule has 0 aromatic carbocycles. The fourth-order valence-electron chi connectivity index (χ4n) is 3.05. The minimum Gasteiger partial charge on any atom is -0.438 e. The van der Waals surface area contributed by atoms with Gasteiger partial charge in [-0.1, -0.05) is 63.3 Å². The summed E-state index contributed by atoms with van der Waals surface area (Å²) in [5, 5.41) is 0. The summed E-state index contributed by atoms with van der Waals surface area (Å²) < 4.78 is 112. The van der Waals surface area contributed by atoms with Gasteiger partial charge in [0.2, 0.25) is 0 Å². The van der Waals surface area contributed by atoms with E-state index in [1.165, 1.54) is 19.3 Å². The van der Waals surface area contributed by atoms with Crippen LogP contribution in [0.2, 0.25) is 0 Å². The van der Waals surface area contributed by atoms with Gasteiger partial charge in [-0.05, 0) is 38.5 Å². The molecule has 0 aliphatic rings. The molecule has 0 aliphatic heterocycles. The highest BCUT2D eigenvalue weighted by molar-refractivity contribution is 7.85. The maximum Gasteiger partial charge on any atom is 0.438 e. The molecule has 34 heavy (non-hydrogen) atoms. The number of rotatable bonds is 17. The average molecular weight is 525 g/mol. The standard InChI is InChI=1S/C22H34F6O5S/c1-2-3-4-5-6-7-8-9-10-11-12-13-14-15-16-17-19(29)33-20(21(23,24)25,22(26,27)28)18-34(30,31)32/h6-7,9-10H,2-5,8,11-18H2,1H3,(H,30,31,32)/b7-6+,10-9+. The van der Waals surface area contributed by atoms with Crippen LogP contribution < -0.4 is 0 Å². The minimum atomic E-state index is -6.30. The van der Waals surface area contributed by atoms with Gasteiger partial charge >= 0.3 is 23.9 Å². The first-order valence-electron chi connectivity index (χ1n) is 11.3. The van der Waals surface area contributed by atoms with Crippen LogP contribution in [0.3, 0.4) is 0 Å². The van der Waals surface area contributed by atoms with Gasteiger partial charge < -0.3 is 4.74 Å². The molecule has 0 saturated heterocycles. The van der Waals surface area contributed by atoms with Gasteiger partial charge in [0.15, 0.2) is 0 Å². The van der Waals surface area contributed by atoms with Crippen LogP contribution in [0.4, 0.5) is 26.3 Å². The molecule has 1 N–H and O–H groups in total. The topological polar surface area (TPSA) is 80.7 Å². The number of esters is 1. The largest absolute Gasteiger partial charge is 0.438 e. The maximum atomic E-state index is 13.1. The van der Waals surface area contributed by atoms with Crippen molar-refractivity contribution >= 4 is 16.1 Å². The molecule has 12 heteroatoms. The first kappa shape index (κ1) is 32.4. The summed E-state index contributed by atoms with van der Waals surface area (Å²) >= 11 is 0. The van der Waals surface area contributed by atoms with Crippen molar-refractivity contribution in [1.82, 2.24) is 0 Å². The fraction of sp³-hybridized carbons (Fsp3) is 0.773. The molecule has 0 amide bonds. The molecule has 0 aliphatic carbocycles. The molecule has 0 aromatic rings. The Kier molecular flexibility index (Phi) is 14.7. The van der Waals surface area contributed by atoms with Crippen LogP contribution >= 0.6 is 0 Å². The lowest BCUT2D eigenvalue weighted by Crippen LogP contribution is -2.63. The van der Waals surface area contributed by atoms with Gasteiger partial charge in [-0.2, -0.15) is 34.8 Å². The highest BCUT2D eigenvalue weighted by atomic mass is 32.2. The zero-order chi connectivity index (χ0) is 26.3. The van der Waals surface area contributed by atoms with Crippen molar-refractivity contribution in [3.63, 3.8) is 0 Å². The number of allylic oxidation sites excluding steroid dienone is 4. The van der Waals surface area contributed by atoms with Crippen LogP contribution in [0.1, 0.15) is 84.0 Å². The summed E-state index contributed by atoms with van der Waals surface area (Å²) in [5.74, 6) is -4.70. The van der Waals surface area contributed by atoms with Crippen molar-refractivity contribution in [2.45, 2.75) is 102 Å². The maximum absolute atomic E-state index is 13.1. The molecule has 0 bridgehead atoms. The Morgan fingerprint density at radius 3 is 1.74 bits per heavy atom. The summed E-state index contributed by atoms with van der Waals surface area (Å²) in [7, 11) is -5.77. The van der Waals surface area contributed by atoms with E-state index in [1.54, 1.807) is 0 Å². The van der Waals surface area contributed by atoms with Crippen LogP contribution in [0, 0.1) is 0 Å². The summed E-state index contributed by atoms with van der Waals surface area (Å²) in [4.78, 5) is 11.7. The second kappa shape index (κ2) is 15.4. The van der Waals surface area contributed by atoms with Crippen LogP contribution in [0.5, 0.6) is 0 Å². The van der Waals surface area contributed by atoms with E-state index in [9.17, 15) is 39.6 Å². The molecular formula is C22H34F6O5S. The van der Waals surface area contributed by atoms with Crippen molar-refractivity contribution in [3.8, 4) is 0 Å². The van der Waals surface area contributed by atoms with Gasteiger partial charge in [-0.3, -0.25) is 9.35 Å². The first-order valence-corrected chi connectivity index (χ1v) is 12.9. The number of alkyl halides is 6. The van der Waals surface area contributed by atoms with Crippen molar-refractivity contribution in [1.29, 1.82) is 0 Å². The Labute approximate surface area is 197 Å². The van der Waals surface area contributed by atoms with E-state index in [0.29, 0.717) is 12.8 Å². The molecular weight excluding hydrogens is 490 g/mol. The van der Waals surface area contributed by atoms with Gasteiger partial charge in [0.05, 0.1) is 0 Å². The van der Waals surface area contributed by atoms with Gasteiger partial charge in [0.1, 0.15) is 5.75 Å². The molecule has 0 unspecified atom stereocenters. The van der Waals surface area contributed by atoms with Crippen LogP contribution in [-0.2, 0) is 19.6 Å². The molecule has 0 radical (unpaired) electrons. The second-order valence-electron chi connectivity index (χ2n) is 8.00. The SMILES string of the molecule is CCCCC/C=C/C/C=C/CCCCCCCC(=O)OC(CS(=O)(=O)O)(C(F)(F)F)C(F)(F)F. The van der Waals surface area contributed by atoms with Crippen LogP contribution in [-0.4, -0.2) is 42.6 Å². The number of carbonyl (C=O) groups is 1. The van der Waals surface area contributed by atoms with Crippen molar-refractivity contribution in [2.24, 2.45) is 0 Å². The van der Waals surface area contributed by atoms with E-state index in [0.717, 1.165) is 32.1 Å². The van der Waals surface area contributed by atoms with E-state index >= 15 is 0 Å². The third-order valence-electron chi connectivity index (χ3n) is 4.92. The molecule has 200 valence electrons. The molecule has 0 rings (SSSR count). The number of hydrogen-bond acceptors (Lipinski definition) is 4. The third-order valence-corrected chi connectivity index (χ3v) is 5.69. The van der Waals surface area contributed by atoms with Crippen molar-refractivity contribution in [3.05, 3.63) is 24.3 Å². The quantitative estimate of drug-likeness (QED) is 0.0722. The lowest BCUT2D eigenvalue weighted by atomic mass is 10.1. The zero-order valence-electron chi connectivity index (χ0n) is 19.3. The van der Waals surface area contributed by atoms with Crippen molar-refractivity contribution < 1.29 is 48.8 Å². The molecule has 0 atom stereocenters. The van der Waals surface area contributed by atoms with Gasteiger partial charge in [0, 0.05) is 6.42 Å². The molecule has 0 heterocycles. The summed E-state index contributed by atoms with van der Waals surface area (Å²) in [5.41, 5.74) is -5.33. The predicted octanol–water partition coefficient (Wildman–Crippen LogP) is 7.09. The molecule has 0 aromatic heterocycles. The number of hydrogen-bond donors (Lipinski definition) is 1. The van der Waals surface area contributed by atoms with Crippen LogP contribution in [0.15, 0.2) is 24.3 Å². The lowest BCUT2D eigenvalue weighted by Gasteiger charge is -2.35. The number of halogens is 6. The summed E-state index contributed by atoms with van der Waals surface area (Å²) in [6, 6.07) is 0. The molecule has 5 nitrogen and oxygen atoms in total. The molecule has 0 fully saturated rings. The monoisotopic (exact) mass is 524 g/mol. The summed E-state index contributed by atoms with van der Waals surface area (Å²) in [6.07, 6.45) is 3.95. The number of unbranched alkanes of at least 4 members (excludes halogenated alkanes) is 8. The summed E-state index contributed by atoms with van der Waals surface area (Å²) in [6.45, 7) is 2.15. The second-order valence-corrected chi connectivity index (χ2v) is 9.46. The van der Waals surface area contributed by atoms with E-state index < -0.39 is 46.2 Å². The Hall–Kier alpha value is -1.56. The Morgan fingerprint density at radius 1 is 0.794 bits per heavy atom. The fourth-order valence-corrected chi connectivity index (χ4v) is 3.95. The first-order chi connectivity index (χ1) is 15.7. The highest BCUT2D eigenvalue weighted by Crippen LogP contribution is 2.47. The number of ether oxygens (including phenoxy) is 1. The lowest BCUT2D eigenvalue weighted by molar-refractivity contribution is -0.361. The van der Waals surface area contributed by atoms with Gasteiger partial charge in [0.25, 0.3) is 10.1 Å². The molecule has 0 saturated carbocycles. The Balaban J connectivity index is 4.34. The van der Waals surface area contributed by atoms with Gasteiger partial charge in [-0.25, -0.2) is 0 Å². The molecule has 0 spiro atoms. The highest BCUT2D eigenvalue weighted by Gasteiger charge is 2.75. The minimum absolute atomic E-state index is 0.0187. The van der Waals surface area contributed by atoms with Crippen molar-refractivity contribution in [2.75, 3.05) is 5.75 Å². The smallest absolute Gasteiger partial charge is 0.438 e. The van der Waals surface area contributed by atoms with E-state index in [4.69, 9.17) is 4.55 Å². The normalized spacial score (nSPS) is 13.8. The number of carbonyl (C=O) groups excluding carboxylic acids is 1. The Morgan fingerprint density at radius 2 is 1.26 bits per heavy atom. The average Bonchev–Trinajstić information content (AvgIpc) is 2.67. The van der Waals surface area contributed by atoms with E-state index in [1.807, 2.05) is 12.2 Å². The predicted molar refractivity (Wildman–Crippen MR) is 117 cm³/mol.